The first-order valence-corrected chi connectivity index (χ1v) is 7.21. The van der Waals surface area contributed by atoms with Crippen LogP contribution in [0.2, 0.25) is 0 Å². The highest BCUT2D eigenvalue weighted by Crippen LogP contribution is 2.00. The molecule has 3 N–H and O–H groups in total. The molecule has 0 aromatic rings. The van der Waals surface area contributed by atoms with E-state index < -0.39 is 10.8 Å². The van der Waals surface area contributed by atoms with Crippen molar-refractivity contribution in [3.63, 3.8) is 0 Å². The summed E-state index contributed by atoms with van der Waals surface area (Å²) in [5.41, 5.74) is 5.56. The molecule has 0 saturated heterocycles. The Labute approximate surface area is 101 Å². The first-order chi connectivity index (χ1) is 7.32. The van der Waals surface area contributed by atoms with Crippen molar-refractivity contribution in [1.82, 2.24) is 5.32 Å². The number of nitrogens with two attached hydrogens (primary N) is 1. The van der Waals surface area contributed by atoms with Crippen molar-refractivity contribution >= 4 is 16.7 Å². The highest BCUT2D eigenvalue weighted by molar-refractivity contribution is 7.85. The van der Waals surface area contributed by atoms with E-state index >= 15 is 0 Å². The molecule has 0 radical (unpaired) electrons. The minimum absolute atomic E-state index is 0.0431. The molecule has 0 saturated carbocycles. The molecule has 3 atom stereocenters. The SMILES string of the molecule is CC(N)CCS(=O)CC(=O)NC(C)C(C)C. The topological polar surface area (TPSA) is 72.2 Å². The zero-order chi connectivity index (χ0) is 12.7. The maximum Gasteiger partial charge on any atom is 0.232 e. The number of hydrogen-bond acceptors (Lipinski definition) is 3. The second kappa shape index (κ2) is 7.79. The zero-order valence-electron chi connectivity index (χ0n) is 10.7. The minimum atomic E-state index is -1.09. The molecule has 16 heavy (non-hydrogen) atoms. The first kappa shape index (κ1) is 15.6. The Morgan fingerprint density at radius 3 is 2.31 bits per heavy atom. The van der Waals surface area contributed by atoms with Gasteiger partial charge in [-0.3, -0.25) is 9.00 Å². The molecule has 0 rings (SSSR count). The molecule has 5 heteroatoms. The van der Waals surface area contributed by atoms with Crippen LogP contribution in [0.5, 0.6) is 0 Å². The van der Waals surface area contributed by atoms with Crippen LogP contribution in [0.1, 0.15) is 34.1 Å². The normalized spacial score (nSPS) is 16.9. The van der Waals surface area contributed by atoms with E-state index in [2.05, 4.69) is 5.32 Å². The number of nitrogens with one attached hydrogen (secondary N) is 1. The molecule has 4 nitrogen and oxygen atoms in total. The number of carbonyl (C=O) groups excluding carboxylic acids is 1. The minimum Gasteiger partial charge on any atom is -0.353 e. The lowest BCUT2D eigenvalue weighted by Gasteiger charge is -2.17. The number of carbonyl (C=O) groups is 1. The molecule has 0 bridgehead atoms. The lowest BCUT2D eigenvalue weighted by molar-refractivity contribution is -0.119. The van der Waals surface area contributed by atoms with Crippen LogP contribution in [-0.2, 0) is 15.6 Å². The highest BCUT2D eigenvalue weighted by atomic mass is 32.2. The summed E-state index contributed by atoms with van der Waals surface area (Å²) in [4.78, 5) is 11.5. The monoisotopic (exact) mass is 248 g/mol. The predicted molar refractivity (Wildman–Crippen MR) is 68.6 cm³/mol. The quantitative estimate of drug-likeness (QED) is 0.694. The van der Waals surface area contributed by atoms with E-state index in [1.165, 1.54) is 0 Å². The van der Waals surface area contributed by atoms with Crippen LogP contribution < -0.4 is 11.1 Å². The van der Waals surface area contributed by atoms with Gasteiger partial charge in [0.15, 0.2) is 0 Å². The van der Waals surface area contributed by atoms with E-state index in [0.29, 0.717) is 18.1 Å². The van der Waals surface area contributed by atoms with Gasteiger partial charge in [0.2, 0.25) is 5.91 Å². The van der Waals surface area contributed by atoms with Crippen molar-refractivity contribution in [3.8, 4) is 0 Å². The van der Waals surface area contributed by atoms with Gasteiger partial charge in [-0.1, -0.05) is 13.8 Å². The van der Waals surface area contributed by atoms with Crippen molar-refractivity contribution in [2.45, 2.75) is 46.2 Å². The van der Waals surface area contributed by atoms with Crippen LogP contribution in [0.4, 0.5) is 0 Å². The molecule has 3 unspecified atom stereocenters. The van der Waals surface area contributed by atoms with Gasteiger partial charge in [-0.2, -0.15) is 0 Å². The summed E-state index contributed by atoms with van der Waals surface area (Å²) in [6.07, 6.45) is 0.694. The van der Waals surface area contributed by atoms with Crippen LogP contribution in [0.3, 0.4) is 0 Å². The van der Waals surface area contributed by atoms with Gasteiger partial charge in [-0.25, -0.2) is 0 Å². The molecule has 0 aliphatic carbocycles. The summed E-state index contributed by atoms with van der Waals surface area (Å²) in [5.74, 6) is 0.843. The highest BCUT2D eigenvalue weighted by Gasteiger charge is 2.13. The Hall–Kier alpha value is -0.420. The Kier molecular flexibility index (Phi) is 7.58. The molecular formula is C11H24N2O2S. The van der Waals surface area contributed by atoms with Crippen molar-refractivity contribution in [3.05, 3.63) is 0 Å². The van der Waals surface area contributed by atoms with Gasteiger partial charge < -0.3 is 11.1 Å². The van der Waals surface area contributed by atoms with Gasteiger partial charge >= 0.3 is 0 Å². The molecule has 0 aromatic carbocycles. The Morgan fingerprint density at radius 1 is 1.31 bits per heavy atom. The van der Waals surface area contributed by atoms with Gasteiger partial charge in [0.1, 0.15) is 5.75 Å². The largest absolute Gasteiger partial charge is 0.353 e. The fraction of sp³-hybridized carbons (Fsp3) is 0.909. The smallest absolute Gasteiger partial charge is 0.232 e. The van der Waals surface area contributed by atoms with E-state index in [1.54, 1.807) is 0 Å². The van der Waals surface area contributed by atoms with E-state index in [-0.39, 0.29) is 23.7 Å². The van der Waals surface area contributed by atoms with Crippen LogP contribution in [0, 0.1) is 5.92 Å². The Morgan fingerprint density at radius 2 is 1.88 bits per heavy atom. The molecular weight excluding hydrogens is 224 g/mol. The number of rotatable bonds is 7. The Balaban J connectivity index is 3.83. The standard InChI is InChI=1S/C11H24N2O2S/c1-8(2)10(4)13-11(14)7-16(15)6-5-9(3)12/h8-10H,5-7,12H2,1-4H3,(H,13,14). The first-order valence-electron chi connectivity index (χ1n) is 5.72. The van der Waals surface area contributed by atoms with Gasteiger partial charge in [0.25, 0.3) is 0 Å². The van der Waals surface area contributed by atoms with Gasteiger partial charge in [0, 0.05) is 28.6 Å². The summed E-state index contributed by atoms with van der Waals surface area (Å²) in [6, 6.07) is 0.166. The van der Waals surface area contributed by atoms with E-state index in [4.69, 9.17) is 5.73 Å². The number of hydrogen-bond donors (Lipinski definition) is 2. The predicted octanol–water partition coefficient (Wildman–Crippen LogP) is 0.633. The summed E-state index contributed by atoms with van der Waals surface area (Å²) in [6.45, 7) is 7.90. The number of amides is 1. The Bertz CT molecular complexity index is 242. The summed E-state index contributed by atoms with van der Waals surface area (Å²) in [7, 11) is -1.09. The van der Waals surface area contributed by atoms with Gasteiger partial charge in [0.05, 0.1) is 0 Å². The van der Waals surface area contributed by atoms with Crippen LogP contribution in [0.25, 0.3) is 0 Å². The molecule has 0 heterocycles. The van der Waals surface area contributed by atoms with Crippen LogP contribution in [0.15, 0.2) is 0 Å². The summed E-state index contributed by atoms with van der Waals surface area (Å²) in [5, 5.41) is 2.83. The van der Waals surface area contributed by atoms with Crippen LogP contribution >= 0.6 is 0 Å². The summed E-state index contributed by atoms with van der Waals surface area (Å²) >= 11 is 0. The third-order valence-electron chi connectivity index (χ3n) is 2.48. The molecule has 0 aliphatic heterocycles. The maximum absolute atomic E-state index is 11.5. The fourth-order valence-corrected chi connectivity index (χ4v) is 2.15. The molecule has 0 aliphatic rings. The van der Waals surface area contributed by atoms with Crippen molar-refractivity contribution in [2.24, 2.45) is 11.7 Å². The average Bonchev–Trinajstić information content (AvgIpc) is 2.14. The van der Waals surface area contributed by atoms with Gasteiger partial charge in [-0.05, 0) is 26.2 Å². The molecule has 0 aromatic heterocycles. The summed E-state index contributed by atoms with van der Waals surface area (Å²) < 4.78 is 11.5. The van der Waals surface area contributed by atoms with E-state index in [0.717, 1.165) is 0 Å². The fourth-order valence-electron chi connectivity index (χ4n) is 0.998. The van der Waals surface area contributed by atoms with Crippen molar-refractivity contribution in [2.75, 3.05) is 11.5 Å². The third-order valence-corrected chi connectivity index (χ3v) is 3.76. The third kappa shape index (κ3) is 7.82. The van der Waals surface area contributed by atoms with E-state index in [9.17, 15) is 9.00 Å². The lowest BCUT2D eigenvalue weighted by Crippen LogP contribution is -2.39. The average molecular weight is 248 g/mol. The zero-order valence-corrected chi connectivity index (χ0v) is 11.5. The maximum atomic E-state index is 11.5. The van der Waals surface area contributed by atoms with Crippen molar-refractivity contribution in [1.29, 1.82) is 0 Å². The molecule has 1 amide bonds. The molecule has 96 valence electrons. The van der Waals surface area contributed by atoms with Gasteiger partial charge in [-0.15, -0.1) is 0 Å². The molecule has 0 spiro atoms. The van der Waals surface area contributed by atoms with Crippen LogP contribution in [-0.4, -0.2) is 33.7 Å². The second-order valence-corrected chi connectivity index (χ2v) is 6.23. The lowest BCUT2D eigenvalue weighted by atomic mass is 10.1. The second-order valence-electron chi connectivity index (χ2n) is 4.65. The molecule has 0 fully saturated rings. The van der Waals surface area contributed by atoms with E-state index in [1.807, 2.05) is 27.7 Å². The van der Waals surface area contributed by atoms with Crippen molar-refractivity contribution < 1.29 is 9.00 Å².